The number of rotatable bonds is 1. The molecule has 1 rings (SSSR count). The van der Waals surface area contributed by atoms with Gasteiger partial charge in [0.2, 0.25) is 0 Å². The van der Waals surface area contributed by atoms with Gasteiger partial charge in [0.1, 0.15) is 0 Å². The van der Waals surface area contributed by atoms with Crippen molar-refractivity contribution in [2.75, 3.05) is 0 Å². The zero-order valence-corrected chi connectivity index (χ0v) is 7.41. The molecule has 0 radical (unpaired) electrons. The van der Waals surface area contributed by atoms with E-state index in [0.29, 0.717) is 0 Å². The van der Waals surface area contributed by atoms with Crippen LogP contribution in [0.25, 0.3) is 0 Å². The number of nitrogens with zero attached hydrogens (tertiary/aromatic N) is 1. The molecule has 1 fully saturated rings. The lowest BCUT2D eigenvalue weighted by molar-refractivity contribution is -0.316. The normalized spacial score (nSPS) is 20.9. The van der Waals surface area contributed by atoms with Crippen LogP contribution in [0.3, 0.4) is 0 Å². The maximum absolute atomic E-state index is 12.2. The van der Waals surface area contributed by atoms with Gasteiger partial charge in [0.25, 0.3) is 0 Å². The van der Waals surface area contributed by atoms with E-state index in [1.54, 1.807) is 0 Å². The van der Waals surface area contributed by atoms with Crippen LogP contribution in [0.15, 0.2) is 0 Å². The highest BCUT2D eigenvalue weighted by Gasteiger charge is 2.68. The fourth-order valence-electron chi connectivity index (χ4n) is 1.83. The molecule has 1 aliphatic carbocycles. The minimum absolute atomic E-state index is 0.232. The van der Waals surface area contributed by atoms with Gasteiger partial charge in [0, 0.05) is 0 Å². The molecule has 1 saturated carbocycles. The molecule has 0 amide bonds. The molecule has 0 aromatic carbocycles. The van der Waals surface area contributed by atoms with Gasteiger partial charge < -0.3 is 0 Å². The van der Waals surface area contributed by atoms with E-state index in [4.69, 9.17) is 5.26 Å². The van der Waals surface area contributed by atoms with Crippen LogP contribution in [0.4, 0.5) is 26.3 Å². The summed E-state index contributed by atoms with van der Waals surface area (Å²) in [5.41, 5.74) is -2.30. The van der Waals surface area contributed by atoms with Crippen LogP contribution in [0, 0.1) is 22.7 Å². The molecule has 15 heavy (non-hydrogen) atoms. The van der Waals surface area contributed by atoms with Crippen LogP contribution in [-0.4, -0.2) is 12.4 Å². The van der Waals surface area contributed by atoms with E-state index in [2.05, 4.69) is 0 Å². The number of alkyl halides is 6. The Morgan fingerprint density at radius 1 is 1.00 bits per heavy atom. The second kappa shape index (κ2) is 3.29. The molecule has 0 aromatic rings. The van der Waals surface area contributed by atoms with Crippen molar-refractivity contribution in [1.82, 2.24) is 0 Å². The minimum atomic E-state index is -5.41. The first-order chi connectivity index (χ1) is 6.63. The van der Waals surface area contributed by atoms with E-state index in [-0.39, 0.29) is 19.3 Å². The van der Waals surface area contributed by atoms with Crippen molar-refractivity contribution in [2.45, 2.75) is 31.6 Å². The zero-order valence-electron chi connectivity index (χ0n) is 7.41. The second-order valence-electron chi connectivity index (χ2n) is 3.64. The highest BCUT2D eigenvalue weighted by molar-refractivity contribution is 5.11. The third-order valence-electron chi connectivity index (χ3n) is 2.68. The predicted molar refractivity (Wildman–Crippen MR) is 37.5 cm³/mol. The molecule has 0 spiro atoms. The van der Waals surface area contributed by atoms with Gasteiger partial charge in [-0.05, 0) is 12.8 Å². The Kier molecular flexibility index (Phi) is 2.66. The molecule has 0 aliphatic heterocycles. The number of nitriles is 1. The fourth-order valence-corrected chi connectivity index (χ4v) is 1.83. The molecule has 0 N–H and O–H groups in total. The zero-order chi connectivity index (χ0) is 11.9. The standard InChI is InChI=1S/C8H7F6N/c9-7(10,11)5(8(12,13)14)6(4-15)2-1-3-6/h5H,1-3H2. The van der Waals surface area contributed by atoms with Crippen LogP contribution in [0.1, 0.15) is 19.3 Å². The Morgan fingerprint density at radius 2 is 1.40 bits per heavy atom. The summed E-state index contributed by atoms with van der Waals surface area (Å²) in [5.74, 6) is -3.52. The van der Waals surface area contributed by atoms with Crippen LogP contribution < -0.4 is 0 Å². The third-order valence-corrected chi connectivity index (χ3v) is 2.68. The third kappa shape index (κ3) is 2.03. The van der Waals surface area contributed by atoms with E-state index in [0.717, 1.165) is 0 Å². The predicted octanol–water partition coefficient (Wildman–Crippen LogP) is 3.42. The molecule has 7 heteroatoms. The van der Waals surface area contributed by atoms with E-state index < -0.39 is 23.7 Å². The molecule has 0 atom stereocenters. The highest BCUT2D eigenvalue weighted by Crippen LogP contribution is 2.57. The summed E-state index contributed by atoms with van der Waals surface area (Å²) in [6.45, 7) is 0. The summed E-state index contributed by atoms with van der Waals surface area (Å²) in [6.07, 6.45) is -11.3. The molecule has 1 nitrogen and oxygen atoms in total. The first kappa shape index (κ1) is 12.1. The molecule has 0 unspecified atom stereocenters. The van der Waals surface area contributed by atoms with Gasteiger partial charge in [-0.15, -0.1) is 0 Å². The SMILES string of the molecule is N#CC1(C(C(F)(F)F)C(F)(F)F)CCC1. The first-order valence-electron chi connectivity index (χ1n) is 4.18. The Hall–Kier alpha value is -0.930. The van der Waals surface area contributed by atoms with Gasteiger partial charge in [0.05, 0.1) is 11.5 Å². The molecular weight excluding hydrogens is 224 g/mol. The maximum Gasteiger partial charge on any atom is 0.402 e. The van der Waals surface area contributed by atoms with Gasteiger partial charge >= 0.3 is 12.4 Å². The van der Waals surface area contributed by atoms with Gasteiger partial charge in [-0.25, -0.2) is 0 Å². The van der Waals surface area contributed by atoms with Crippen molar-refractivity contribution in [3.8, 4) is 6.07 Å². The average molecular weight is 231 g/mol. The van der Waals surface area contributed by atoms with Crippen molar-refractivity contribution >= 4 is 0 Å². The monoisotopic (exact) mass is 231 g/mol. The van der Waals surface area contributed by atoms with E-state index in [9.17, 15) is 26.3 Å². The van der Waals surface area contributed by atoms with Gasteiger partial charge in [-0.1, -0.05) is 6.42 Å². The molecule has 0 aromatic heterocycles. The first-order valence-corrected chi connectivity index (χ1v) is 4.18. The van der Waals surface area contributed by atoms with Crippen molar-refractivity contribution in [1.29, 1.82) is 5.26 Å². The largest absolute Gasteiger partial charge is 0.402 e. The topological polar surface area (TPSA) is 23.8 Å². The summed E-state index contributed by atoms with van der Waals surface area (Å²) in [4.78, 5) is 0. The lowest BCUT2D eigenvalue weighted by Crippen LogP contribution is -2.51. The quantitative estimate of drug-likeness (QED) is 0.634. The Labute approximate surface area is 81.7 Å². The second-order valence-corrected chi connectivity index (χ2v) is 3.64. The number of hydrogen-bond donors (Lipinski definition) is 0. The molecule has 0 heterocycles. The molecule has 1 aliphatic rings. The Bertz CT molecular complexity index is 265. The van der Waals surface area contributed by atoms with E-state index in [1.165, 1.54) is 6.07 Å². The van der Waals surface area contributed by atoms with Crippen LogP contribution in [0.5, 0.6) is 0 Å². The Morgan fingerprint density at radius 3 is 1.47 bits per heavy atom. The van der Waals surface area contributed by atoms with E-state index >= 15 is 0 Å². The lowest BCUT2D eigenvalue weighted by Gasteiger charge is -2.43. The summed E-state index contributed by atoms with van der Waals surface area (Å²) >= 11 is 0. The molecule has 0 bridgehead atoms. The molecular formula is C8H7F6N. The number of halogens is 6. The summed E-state index contributed by atoms with van der Waals surface area (Å²) < 4.78 is 73.5. The molecule has 0 saturated heterocycles. The van der Waals surface area contributed by atoms with Crippen molar-refractivity contribution in [3.05, 3.63) is 0 Å². The summed E-state index contributed by atoms with van der Waals surface area (Å²) in [7, 11) is 0. The van der Waals surface area contributed by atoms with Gasteiger partial charge in [-0.3, -0.25) is 0 Å². The van der Waals surface area contributed by atoms with Crippen molar-refractivity contribution in [3.63, 3.8) is 0 Å². The maximum atomic E-state index is 12.2. The smallest absolute Gasteiger partial charge is 0.198 e. The van der Waals surface area contributed by atoms with Crippen LogP contribution in [0.2, 0.25) is 0 Å². The van der Waals surface area contributed by atoms with Gasteiger partial charge in [-0.2, -0.15) is 31.6 Å². The average Bonchev–Trinajstić information content (AvgIpc) is 1.90. The minimum Gasteiger partial charge on any atom is -0.198 e. The Balaban J connectivity index is 3.08. The summed E-state index contributed by atoms with van der Waals surface area (Å²) in [6, 6.07) is 1.19. The van der Waals surface area contributed by atoms with Gasteiger partial charge in [0.15, 0.2) is 5.92 Å². The number of hydrogen-bond acceptors (Lipinski definition) is 1. The van der Waals surface area contributed by atoms with Crippen molar-refractivity contribution < 1.29 is 26.3 Å². The van der Waals surface area contributed by atoms with Crippen LogP contribution in [-0.2, 0) is 0 Å². The highest BCUT2D eigenvalue weighted by atomic mass is 19.4. The summed E-state index contributed by atoms with van der Waals surface area (Å²) in [5, 5.41) is 8.48. The lowest BCUT2D eigenvalue weighted by atomic mass is 9.61. The fraction of sp³-hybridized carbons (Fsp3) is 0.875. The van der Waals surface area contributed by atoms with Crippen molar-refractivity contribution in [2.24, 2.45) is 11.3 Å². The van der Waals surface area contributed by atoms with E-state index in [1.807, 2.05) is 0 Å². The molecule has 86 valence electrons. The van der Waals surface area contributed by atoms with Crippen LogP contribution >= 0.6 is 0 Å².